The topological polar surface area (TPSA) is 124 Å². The van der Waals surface area contributed by atoms with Crippen molar-refractivity contribution < 1.29 is 13.6 Å². The quantitative estimate of drug-likeness (QED) is 0.113. The van der Waals surface area contributed by atoms with Gasteiger partial charge in [-0.25, -0.2) is 9.59 Å². The lowest BCUT2D eigenvalue weighted by molar-refractivity contribution is 0.332. The fourth-order valence-corrected chi connectivity index (χ4v) is 5.83. The van der Waals surface area contributed by atoms with E-state index in [4.69, 9.17) is 13.6 Å². The fraction of sp³-hybridized carbons (Fsp3) is 0.0455. The molecule has 1 aliphatic rings. The maximum atomic E-state index is 13.2. The highest BCUT2D eigenvalue weighted by atomic mass is 16.5. The van der Waals surface area contributed by atoms with Crippen molar-refractivity contribution in [3.63, 3.8) is 0 Å². The van der Waals surface area contributed by atoms with Crippen molar-refractivity contribution in [3.8, 4) is 12.1 Å². The zero-order valence-electron chi connectivity index (χ0n) is 28.7. The first kappa shape index (κ1) is 33.9. The number of para-hydroxylation sites is 2. The standard InChI is InChI=1S/C44H30N4O5/c1-47(2)37-17-13-29-21-31(43(49)52-41(29)25-37)15-19-39-23-33(34(27-45)28-46)24-40(51-39)20-16-32-22-30-14-18-38(26-42(30)53-44(32)50)48(35-9-5-3-6-10-35)36-11-7-4-8-12-36/h3-26H,1-2H3/b19-15+,20-16+. The van der Waals surface area contributed by atoms with Crippen molar-refractivity contribution in [2.75, 3.05) is 23.9 Å². The summed E-state index contributed by atoms with van der Waals surface area (Å²) in [6, 6.07) is 38.4. The maximum absolute atomic E-state index is 13.2. The first-order valence-electron chi connectivity index (χ1n) is 16.5. The molecule has 0 unspecified atom stereocenters. The molecule has 3 heterocycles. The molecule has 0 fully saturated rings. The van der Waals surface area contributed by atoms with E-state index in [-0.39, 0.29) is 28.2 Å². The van der Waals surface area contributed by atoms with Crippen LogP contribution in [0.15, 0.2) is 175 Å². The summed E-state index contributed by atoms with van der Waals surface area (Å²) in [5.41, 5.74) is 4.12. The van der Waals surface area contributed by atoms with Gasteiger partial charge in [-0.1, -0.05) is 36.4 Å². The molecule has 256 valence electrons. The molecular formula is C44H30N4O5. The predicted octanol–water partition coefficient (Wildman–Crippen LogP) is 9.30. The molecule has 9 heteroatoms. The van der Waals surface area contributed by atoms with Gasteiger partial charge in [0.25, 0.3) is 0 Å². The molecule has 9 nitrogen and oxygen atoms in total. The van der Waals surface area contributed by atoms with E-state index in [2.05, 4.69) is 4.90 Å². The number of rotatable bonds is 8. The van der Waals surface area contributed by atoms with E-state index in [1.165, 1.54) is 12.2 Å². The average molecular weight is 695 g/mol. The number of ether oxygens (including phenoxy) is 1. The van der Waals surface area contributed by atoms with Gasteiger partial charge in [-0.2, -0.15) is 10.5 Å². The van der Waals surface area contributed by atoms with E-state index in [9.17, 15) is 20.1 Å². The number of nitriles is 2. The van der Waals surface area contributed by atoms with Gasteiger partial charge in [0, 0.05) is 65.3 Å². The Hall–Kier alpha value is -7.62. The molecule has 0 N–H and O–H groups in total. The number of hydrogen-bond donors (Lipinski definition) is 0. The van der Waals surface area contributed by atoms with E-state index < -0.39 is 11.3 Å². The highest BCUT2D eigenvalue weighted by Crippen LogP contribution is 2.36. The molecule has 0 aliphatic carbocycles. The van der Waals surface area contributed by atoms with E-state index in [0.29, 0.717) is 22.1 Å². The van der Waals surface area contributed by atoms with Gasteiger partial charge in [0.1, 0.15) is 40.4 Å². The lowest BCUT2D eigenvalue weighted by Gasteiger charge is -2.25. The summed E-state index contributed by atoms with van der Waals surface area (Å²) in [5.74, 6) is 0.509. The molecule has 53 heavy (non-hydrogen) atoms. The summed E-state index contributed by atoms with van der Waals surface area (Å²) < 4.78 is 17.4. The SMILES string of the molecule is CN(C)c1ccc2cc(/C=C/C3=CC(=C(C#N)C#N)C=C(/C=C/c4cc5ccc(N(c6ccccc6)c6ccccc6)cc5oc4=O)O3)c(=O)oc2c1. The molecule has 0 amide bonds. The first-order chi connectivity index (χ1) is 25.8. The normalized spacial score (nSPS) is 12.6. The van der Waals surface area contributed by atoms with Crippen molar-refractivity contribution >= 4 is 56.8 Å². The predicted molar refractivity (Wildman–Crippen MR) is 208 cm³/mol. The van der Waals surface area contributed by atoms with Crippen molar-refractivity contribution in [1.82, 2.24) is 0 Å². The highest BCUT2D eigenvalue weighted by Gasteiger charge is 2.16. The molecule has 0 radical (unpaired) electrons. The van der Waals surface area contributed by atoms with Crippen LogP contribution in [-0.4, -0.2) is 14.1 Å². The second-order valence-electron chi connectivity index (χ2n) is 12.2. The van der Waals surface area contributed by atoms with E-state index in [1.54, 1.807) is 42.5 Å². The van der Waals surface area contributed by atoms with Crippen molar-refractivity contribution in [3.05, 3.63) is 188 Å². The summed E-state index contributed by atoms with van der Waals surface area (Å²) >= 11 is 0. The molecule has 4 aromatic carbocycles. The lowest BCUT2D eigenvalue weighted by Crippen LogP contribution is -2.10. The van der Waals surface area contributed by atoms with Crippen molar-refractivity contribution in [1.29, 1.82) is 10.5 Å². The van der Waals surface area contributed by atoms with Crippen LogP contribution in [-0.2, 0) is 4.74 Å². The summed E-state index contributed by atoms with van der Waals surface area (Å²) in [6.07, 6.45) is 9.25. The monoisotopic (exact) mass is 694 g/mol. The number of benzene rings is 4. The third-order valence-electron chi connectivity index (χ3n) is 8.49. The molecule has 6 aromatic rings. The largest absolute Gasteiger partial charge is 0.457 e. The van der Waals surface area contributed by atoms with Gasteiger partial charge in [0.2, 0.25) is 0 Å². The Balaban J connectivity index is 1.17. The van der Waals surface area contributed by atoms with E-state index in [1.807, 2.05) is 122 Å². The van der Waals surface area contributed by atoms with Crippen LogP contribution in [0.2, 0.25) is 0 Å². The van der Waals surface area contributed by atoms with Gasteiger partial charge in [-0.15, -0.1) is 0 Å². The van der Waals surface area contributed by atoms with Gasteiger partial charge < -0.3 is 23.4 Å². The van der Waals surface area contributed by atoms with Crippen molar-refractivity contribution in [2.24, 2.45) is 0 Å². The smallest absolute Gasteiger partial charge is 0.343 e. The van der Waals surface area contributed by atoms with E-state index >= 15 is 0 Å². The Morgan fingerprint density at radius 3 is 1.53 bits per heavy atom. The van der Waals surface area contributed by atoms with Crippen LogP contribution in [0.5, 0.6) is 0 Å². The Morgan fingerprint density at radius 1 is 0.585 bits per heavy atom. The maximum Gasteiger partial charge on any atom is 0.343 e. The number of hydrogen-bond acceptors (Lipinski definition) is 9. The zero-order valence-corrected chi connectivity index (χ0v) is 28.7. The molecule has 0 saturated heterocycles. The minimum absolute atomic E-state index is 0.131. The number of anilines is 4. The number of nitrogens with zero attached hydrogens (tertiary/aromatic N) is 4. The Morgan fingerprint density at radius 2 is 1.06 bits per heavy atom. The van der Waals surface area contributed by atoms with Crippen LogP contribution in [0.3, 0.4) is 0 Å². The highest BCUT2D eigenvalue weighted by molar-refractivity contribution is 5.87. The first-order valence-corrected chi connectivity index (χ1v) is 16.5. The Bertz CT molecular complexity index is 2680. The average Bonchev–Trinajstić information content (AvgIpc) is 3.17. The van der Waals surface area contributed by atoms with Gasteiger partial charge in [-0.05, 0) is 97.1 Å². The van der Waals surface area contributed by atoms with Gasteiger partial charge in [0.05, 0.1) is 11.1 Å². The van der Waals surface area contributed by atoms with E-state index in [0.717, 1.165) is 28.1 Å². The van der Waals surface area contributed by atoms with Crippen LogP contribution < -0.4 is 21.1 Å². The second-order valence-corrected chi connectivity index (χ2v) is 12.2. The molecule has 0 bridgehead atoms. The van der Waals surface area contributed by atoms with Crippen LogP contribution in [0.1, 0.15) is 11.1 Å². The van der Waals surface area contributed by atoms with Gasteiger partial charge in [0.15, 0.2) is 0 Å². The molecular weight excluding hydrogens is 665 g/mol. The summed E-state index contributed by atoms with van der Waals surface area (Å²) in [5, 5.41) is 20.6. The summed E-state index contributed by atoms with van der Waals surface area (Å²) in [7, 11) is 3.80. The zero-order chi connectivity index (χ0) is 36.9. The third kappa shape index (κ3) is 7.32. The Kier molecular flexibility index (Phi) is 9.39. The minimum atomic E-state index is -0.560. The van der Waals surface area contributed by atoms with Gasteiger partial charge >= 0.3 is 11.3 Å². The lowest BCUT2D eigenvalue weighted by atomic mass is 10.1. The molecule has 7 rings (SSSR count). The van der Waals surface area contributed by atoms with Crippen molar-refractivity contribution in [2.45, 2.75) is 0 Å². The molecule has 1 aliphatic heterocycles. The molecule has 0 saturated carbocycles. The number of allylic oxidation sites excluding steroid dienone is 6. The Labute approximate surface area is 304 Å². The summed E-state index contributed by atoms with van der Waals surface area (Å²) in [6.45, 7) is 0. The fourth-order valence-electron chi connectivity index (χ4n) is 5.83. The summed E-state index contributed by atoms with van der Waals surface area (Å²) in [4.78, 5) is 30.1. The molecule has 2 aromatic heterocycles. The number of fused-ring (bicyclic) bond motifs is 2. The second kappa shape index (κ2) is 14.7. The molecule has 0 atom stereocenters. The van der Waals surface area contributed by atoms with Crippen LogP contribution in [0.25, 0.3) is 34.1 Å². The third-order valence-corrected chi connectivity index (χ3v) is 8.49. The van der Waals surface area contributed by atoms with Gasteiger partial charge in [-0.3, -0.25) is 0 Å². The minimum Gasteiger partial charge on any atom is -0.457 e. The van der Waals surface area contributed by atoms with Crippen LogP contribution in [0, 0.1) is 22.7 Å². The van der Waals surface area contributed by atoms with Crippen LogP contribution in [0.4, 0.5) is 22.7 Å². The molecule has 0 spiro atoms. The van der Waals surface area contributed by atoms with Crippen LogP contribution >= 0.6 is 0 Å².